The van der Waals surface area contributed by atoms with Gasteiger partial charge >= 0.3 is 6.03 Å². The van der Waals surface area contributed by atoms with Gasteiger partial charge in [-0.2, -0.15) is 5.10 Å². The zero-order chi connectivity index (χ0) is 16.5. The number of amides is 2. The highest BCUT2D eigenvalue weighted by molar-refractivity contribution is 7.18. The van der Waals surface area contributed by atoms with Crippen LogP contribution in [0, 0.1) is 6.92 Å². The number of hydrogen-bond donors (Lipinski definition) is 1. The van der Waals surface area contributed by atoms with Crippen LogP contribution in [0.25, 0.3) is 10.2 Å². The van der Waals surface area contributed by atoms with Gasteiger partial charge in [0.15, 0.2) is 0 Å². The third kappa shape index (κ3) is 2.99. The van der Waals surface area contributed by atoms with Crippen LogP contribution in [-0.2, 0) is 6.54 Å². The summed E-state index contributed by atoms with van der Waals surface area (Å²) in [7, 11) is 0. The Bertz CT molecular complexity index is 857. The second-order valence-electron chi connectivity index (χ2n) is 6.06. The summed E-state index contributed by atoms with van der Waals surface area (Å²) in [6.45, 7) is 3.53. The second kappa shape index (κ2) is 6.24. The van der Waals surface area contributed by atoms with Gasteiger partial charge in [0.1, 0.15) is 0 Å². The van der Waals surface area contributed by atoms with Gasteiger partial charge in [-0.3, -0.25) is 4.68 Å². The van der Waals surface area contributed by atoms with E-state index in [9.17, 15) is 4.79 Å². The molecule has 0 spiro atoms. The van der Waals surface area contributed by atoms with Gasteiger partial charge in [0.25, 0.3) is 0 Å². The first-order chi connectivity index (χ1) is 11.7. The predicted molar refractivity (Wildman–Crippen MR) is 95.3 cm³/mol. The molecule has 2 amide bonds. The van der Waals surface area contributed by atoms with E-state index in [4.69, 9.17) is 0 Å². The summed E-state index contributed by atoms with van der Waals surface area (Å²) in [4.78, 5) is 19.0. The summed E-state index contributed by atoms with van der Waals surface area (Å²) in [5.41, 5.74) is 1.80. The number of hydrogen-bond acceptors (Lipinski definition) is 4. The maximum absolute atomic E-state index is 12.7. The van der Waals surface area contributed by atoms with Crippen molar-refractivity contribution in [3.63, 3.8) is 0 Å². The minimum absolute atomic E-state index is 0.0368. The highest BCUT2D eigenvalue weighted by Gasteiger charge is 2.29. The van der Waals surface area contributed by atoms with E-state index in [-0.39, 0.29) is 12.1 Å². The highest BCUT2D eigenvalue weighted by atomic mass is 32.1. The molecule has 1 fully saturated rings. The molecule has 1 unspecified atom stereocenters. The Morgan fingerprint density at radius 1 is 1.46 bits per heavy atom. The third-order valence-corrected chi connectivity index (χ3v) is 5.28. The van der Waals surface area contributed by atoms with Crippen molar-refractivity contribution in [1.29, 1.82) is 0 Å². The normalized spacial score (nSPS) is 17.5. The monoisotopic (exact) mass is 341 g/mol. The molecule has 1 aromatic carbocycles. The first-order valence-corrected chi connectivity index (χ1v) is 8.93. The zero-order valence-electron chi connectivity index (χ0n) is 13.5. The number of benzene rings is 1. The molecule has 124 valence electrons. The van der Waals surface area contributed by atoms with Gasteiger partial charge in [-0.25, -0.2) is 9.78 Å². The average molecular weight is 341 g/mol. The number of aryl methyl sites for hydroxylation is 1. The van der Waals surface area contributed by atoms with E-state index in [1.807, 2.05) is 47.0 Å². The lowest BCUT2D eigenvalue weighted by molar-refractivity contribution is 0.199. The number of rotatable bonds is 3. The maximum Gasteiger partial charge on any atom is 0.322 e. The fourth-order valence-electron chi connectivity index (χ4n) is 3.23. The molecule has 1 saturated heterocycles. The van der Waals surface area contributed by atoms with Gasteiger partial charge in [0, 0.05) is 24.6 Å². The molecule has 0 bridgehead atoms. The number of aromatic nitrogens is 3. The first-order valence-electron chi connectivity index (χ1n) is 8.11. The van der Waals surface area contributed by atoms with Crippen LogP contribution in [-0.4, -0.2) is 38.3 Å². The van der Waals surface area contributed by atoms with Crippen molar-refractivity contribution in [3.05, 3.63) is 41.7 Å². The lowest BCUT2D eigenvalue weighted by atomic mass is 10.2. The standard InChI is InChI=1S/C17H19N5OS/c1-12-19-15-6-5-13(10-16(15)24-12)20-17(23)22-9-2-4-14(22)11-21-8-3-7-18-21/h3,5-8,10,14H,2,4,9,11H2,1H3,(H,20,23). The number of urea groups is 1. The van der Waals surface area contributed by atoms with Crippen LogP contribution < -0.4 is 5.32 Å². The molecule has 1 aliphatic heterocycles. The minimum Gasteiger partial charge on any atom is -0.320 e. The lowest BCUT2D eigenvalue weighted by Gasteiger charge is -2.25. The number of likely N-dealkylation sites (tertiary alicyclic amines) is 1. The summed E-state index contributed by atoms with van der Waals surface area (Å²) < 4.78 is 2.99. The number of nitrogens with zero attached hydrogens (tertiary/aromatic N) is 4. The number of carbonyl (C=O) groups is 1. The van der Waals surface area contributed by atoms with Crippen LogP contribution in [0.2, 0.25) is 0 Å². The Labute approximate surface area is 144 Å². The number of thiazole rings is 1. The largest absolute Gasteiger partial charge is 0.322 e. The zero-order valence-corrected chi connectivity index (χ0v) is 14.3. The Morgan fingerprint density at radius 3 is 3.21 bits per heavy atom. The Morgan fingerprint density at radius 2 is 2.38 bits per heavy atom. The van der Waals surface area contributed by atoms with E-state index in [1.165, 1.54) is 0 Å². The van der Waals surface area contributed by atoms with Gasteiger partial charge in [-0.1, -0.05) is 0 Å². The summed E-state index contributed by atoms with van der Waals surface area (Å²) >= 11 is 1.64. The van der Waals surface area contributed by atoms with Gasteiger partial charge in [0.2, 0.25) is 0 Å². The molecule has 2 aromatic heterocycles. The van der Waals surface area contributed by atoms with Gasteiger partial charge in [0.05, 0.1) is 27.8 Å². The van der Waals surface area contributed by atoms with Crippen molar-refractivity contribution in [2.75, 3.05) is 11.9 Å². The topological polar surface area (TPSA) is 63.1 Å². The van der Waals surface area contributed by atoms with Gasteiger partial charge in [-0.15, -0.1) is 11.3 Å². The van der Waals surface area contributed by atoms with E-state index < -0.39 is 0 Å². The molecule has 1 N–H and O–H groups in total. The highest BCUT2D eigenvalue weighted by Crippen LogP contribution is 2.26. The van der Waals surface area contributed by atoms with Crippen LogP contribution in [0.5, 0.6) is 0 Å². The number of carbonyl (C=O) groups excluding carboxylic acids is 1. The van der Waals surface area contributed by atoms with Crippen LogP contribution in [0.3, 0.4) is 0 Å². The van der Waals surface area contributed by atoms with Crippen molar-refractivity contribution in [1.82, 2.24) is 19.7 Å². The average Bonchev–Trinajstić information content (AvgIpc) is 3.27. The molecule has 3 aromatic rings. The summed E-state index contributed by atoms with van der Waals surface area (Å²) in [5, 5.41) is 8.31. The van der Waals surface area contributed by atoms with Crippen LogP contribution in [0.4, 0.5) is 10.5 Å². The van der Waals surface area contributed by atoms with Crippen molar-refractivity contribution < 1.29 is 4.79 Å². The van der Waals surface area contributed by atoms with Crippen molar-refractivity contribution in [3.8, 4) is 0 Å². The second-order valence-corrected chi connectivity index (χ2v) is 7.30. The molecule has 1 aliphatic rings. The SMILES string of the molecule is Cc1nc2ccc(NC(=O)N3CCCC3Cn3cccn3)cc2s1. The molecule has 0 saturated carbocycles. The van der Waals surface area contributed by atoms with Gasteiger partial charge in [-0.05, 0) is 44.0 Å². The number of fused-ring (bicyclic) bond motifs is 1. The van der Waals surface area contributed by atoms with E-state index in [0.29, 0.717) is 0 Å². The van der Waals surface area contributed by atoms with Crippen LogP contribution in [0.1, 0.15) is 17.8 Å². The maximum atomic E-state index is 12.7. The minimum atomic E-state index is -0.0368. The molecular formula is C17H19N5OS. The summed E-state index contributed by atoms with van der Waals surface area (Å²) in [6.07, 6.45) is 5.76. The van der Waals surface area contributed by atoms with Crippen molar-refractivity contribution in [2.24, 2.45) is 0 Å². The molecule has 24 heavy (non-hydrogen) atoms. The lowest BCUT2D eigenvalue weighted by Crippen LogP contribution is -2.40. The summed E-state index contributed by atoms with van der Waals surface area (Å²) in [6, 6.07) is 7.93. The smallest absolute Gasteiger partial charge is 0.320 e. The van der Waals surface area contributed by atoms with E-state index in [2.05, 4.69) is 15.4 Å². The number of anilines is 1. The fraction of sp³-hybridized carbons (Fsp3) is 0.353. The molecule has 4 rings (SSSR count). The van der Waals surface area contributed by atoms with Crippen LogP contribution in [0.15, 0.2) is 36.7 Å². The van der Waals surface area contributed by atoms with E-state index in [0.717, 1.165) is 46.8 Å². The van der Waals surface area contributed by atoms with Crippen molar-refractivity contribution >= 4 is 33.3 Å². The van der Waals surface area contributed by atoms with E-state index >= 15 is 0 Å². The molecule has 6 nitrogen and oxygen atoms in total. The molecule has 1 atom stereocenters. The molecule has 0 radical (unpaired) electrons. The Balaban J connectivity index is 1.47. The number of nitrogens with one attached hydrogen (secondary N) is 1. The van der Waals surface area contributed by atoms with Gasteiger partial charge < -0.3 is 10.2 Å². The predicted octanol–water partition coefficient (Wildman–Crippen LogP) is 3.50. The quantitative estimate of drug-likeness (QED) is 0.793. The Kier molecular flexibility index (Phi) is 3.93. The first kappa shape index (κ1) is 15.1. The molecular weight excluding hydrogens is 322 g/mol. The summed E-state index contributed by atoms with van der Waals surface area (Å²) in [5.74, 6) is 0. The molecule has 0 aliphatic carbocycles. The molecule has 3 heterocycles. The third-order valence-electron chi connectivity index (χ3n) is 4.34. The fourth-order valence-corrected chi connectivity index (χ4v) is 4.10. The van der Waals surface area contributed by atoms with Crippen molar-refractivity contribution in [2.45, 2.75) is 32.4 Å². The van der Waals surface area contributed by atoms with Crippen LogP contribution >= 0.6 is 11.3 Å². The molecule has 7 heteroatoms. The Hall–Kier alpha value is -2.41. The van der Waals surface area contributed by atoms with E-state index in [1.54, 1.807) is 17.5 Å².